The molecule has 0 spiro atoms. The molecule has 0 saturated carbocycles. The van der Waals surface area contributed by atoms with E-state index in [-0.39, 0.29) is 12.3 Å². The number of benzene rings is 2. The smallest absolute Gasteiger partial charge is 0.387 e. The van der Waals surface area contributed by atoms with Gasteiger partial charge in [-0.05, 0) is 24.3 Å². The van der Waals surface area contributed by atoms with Gasteiger partial charge in [-0.25, -0.2) is 4.79 Å². The Morgan fingerprint density at radius 3 is 2.68 bits per heavy atom. The molecule has 2 amide bonds. The third-order valence-corrected chi connectivity index (χ3v) is 2.95. The lowest BCUT2D eigenvalue weighted by Gasteiger charge is -2.12. The molecule has 0 heterocycles. The first-order chi connectivity index (χ1) is 10.5. The molecule has 0 fully saturated rings. The molecule has 0 aliphatic rings. The minimum atomic E-state index is -2.92. The second-order valence-corrected chi connectivity index (χ2v) is 4.74. The third-order valence-electron chi connectivity index (χ3n) is 2.71. The van der Waals surface area contributed by atoms with E-state index in [9.17, 15) is 13.6 Å². The Morgan fingerprint density at radius 2 is 1.95 bits per heavy atom. The van der Waals surface area contributed by atoms with Crippen LogP contribution in [0.25, 0.3) is 0 Å². The molecule has 0 unspecified atom stereocenters. The molecule has 22 heavy (non-hydrogen) atoms. The van der Waals surface area contributed by atoms with E-state index in [1.165, 1.54) is 6.07 Å². The minimum absolute atomic E-state index is 0.0283. The molecule has 0 bridgehead atoms. The maximum absolute atomic E-state index is 12.3. The zero-order valence-electron chi connectivity index (χ0n) is 11.4. The van der Waals surface area contributed by atoms with Crippen molar-refractivity contribution in [3.63, 3.8) is 0 Å². The Hall–Kier alpha value is -2.34. The Labute approximate surface area is 131 Å². The maximum atomic E-state index is 12.3. The highest BCUT2D eigenvalue weighted by Gasteiger charge is 2.10. The summed E-state index contributed by atoms with van der Waals surface area (Å²) in [6, 6.07) is 12.4. The molecule has 116 valence electrons. The summed E-state index contributed by atoms with van der Waals surface area (Å²) in [6.07, 6.45) is 0. The highest BCUT2D eigenvalue weighted by molar-refractivity contribution is 6.30. The van der Waals surface area contributed by atoms with Crippen molar-refractivity contribution in [1.29, 1.82) is 0 Å². The van der Waals surface area contributed by atoms with E-state index in [0.717, 1.165) is 0 Å². The van der Waals surface area contributed by atoms with Crippen molar-refractivity contribution < 1.29 is 18.3 Å². The number of carbonyl (C=O) groups is 1. The van der Waals surface area contributed by atoms with Crippen molar-refractivity contribution in [3.8, 4) is 5.75 Å². The van der Waals surface area contributed by atoms with Crippen molar-refractivity contribution in [1.82, 2.24) is 5.32 Å². The molecule has 7 heteroatoms. The summed E-state index contributed by atoms with van der Waals surface area (Å²) >= 11 is 5.81. The predicted octanol–water partition coefficient (Wildman–Crippen LogP) is 4.26. The number of rotatable bonds is 5. The van der Waals surface area contributed by atoms with E-state index in [1.54, 1.807) is 42.5 Å². The Kier molecular flexibility index (Phi) is 5.55. The van der Waals surface area contributed by atoms with Gasteiger partial charge in [-0.3, -0.25) is 0 Å². The monoisotopic (exact) mass is 326 g/mol. The Morgan fingerprint density at radius 1 is 1.18 bits per heavy atom. The van der Waals surface area contributed by atoms with Crippen LogP contribution in [0.1, 0.15) is 5.56 Å². The van der Waals surface area contributed by atoms with Crippen LogP contribution in [0.3, 0.4) is 0 Å². The summed E-state index contributed by atoms with van der Waals surface area (Å²) in [6.45, 7) is -2.86. The maximum Gasteiger partial charge on any atom is 0.387 e. The molecule has 0 aliphatic heterocycles. The van der Waals surface area contributed by atoms with E-state index in [1.807, 2.05) is 0 Å². The number of carbonyl (C=O) groups excluding carboxylic acids is 1. The van der Waals surface area contributed by atoms with Crippen molar-refractivity contribution in [3.05, 3.63) is 59.1 Å². The van der Waals surface area contributed by atoms with Gasteiger partial charge in [0.2, 0.25) is 0 Å². The highest BCUT2D eigenvalue weighted by Crippen LogP contribution is 2.20. The third kappa shape index (κ3) is 4.89. The van der Waals surface area contributed by atoms with Crippen molar-refractivity contribution in [2.75, 3.05) is 5.32 Å². The van der Waals surface area contributed by atoms with Crippen molar-refractivity contribution >= 4 is 23.3 Å². The van der Waals surface area contributed by atoms with Crippen LogP contribution in [-0.4, -0.2) is 12.6 Å². The molecule has 2 aromatic carbocycles. The number of hydrogen-bond acceptors (Lipinski definition) is 2. The second kappa shape index (κ2) is 7.61. The van der Waals surface area contributed by atoms with Crippen molar-refractivity contribution in [2.45, 2.75) is 13.2 Å². The van der Waals surface area contributed by atoms with E-state index in [4.69, 9.17) is 11.6 Å². The lowest BCUT2D eigenvalue weighted by molar-refractivity contribution is -0.0504. The fraction of sp³-hybridized carbons (Fsp3) is 0.133. The average molecular weight is 327 g/mol. The number of para-hydroxylation sites is 1. The number of amides is 2. The lowest BCUT2D eigenvalue weighted by Crippen LogP contribution is -2.28. The lowest BCUT2D eigenvalue weighted by atomic mass is 10.2. The molecular weight excluding hydrogens is 314 g/mol. The predicted molar refractivity (Wildman–Crippen MR) is 80.4 cm³/mol. The van der Waals surface area contributed by atoms with Gasteiger partial charge in [0.25, 0.3) is 0 Å². The molecule has 0 aromatic heterocycles. The van der Waals surface area contributed by atoms with Crippen LogP contribution in [0.2, 0.25) is 5.02 Å². The molecular formula is C15H13ClF2N2O2. The van der Waals surface area contributed by atoms with Crippen LogP contribution in [-0.2, 0) is 6.54 Å². The van der Waals surface area contributed by atoms with Crippen LogP contribution in [0.5, 0.6) is 5.75 Å². The van der Waals surface area contributed by atoms with Gasteiger partial charge < -0.3 is 15.4 Å². The van der Waals surface area contributed by atoms with Gasteiger partial charge in [-0.2, -0.15) is 8.78 Å². The fourth-order valence-electron chi connectivity index (χ4n) is 1.78. The van der Waals surface area contributed by atoms with E-state index in [0.29, 0.717) is 16.3 Å². The molecule has 0 aliphatic carbocycles. The SMILES string of the molecule is O=C(NCc1ccccc1OC(F)F)Nc1cccc(Cl)c1. The highest BCUT2D eigenvalue weighted by atomic mass is 35.5. The minimum Gasteiger partial charge on any atom is -0.434 e. The molecule has 0 atom stereocenters. The Bertz CT molecular complexity index is 653. The van der Waals surface area contributed by atoms with Gasteiger partial charge in [0, 0.05) is 22.8 Å². The van der Waals surface area contributed by atoms with Gasteiger partial charge in [-0.15, -0.1) is 0 Å². The topological polar surface area (TPSA) is 50.4 Å². The largest absolute Gasteiger partial charge is 0.434 e. The number of nitrogens with one attached hydrogen (secondary N) is 2. The van der Waals surface area contributed by atoms with Crippen LogP contribution in [0, 0.1) is 0 Å². The average Bonchev–Trinajstić information content (AvgIpc) is 2.46. The first-order valence-corrected chi connectivity index (χ1v) is 6.75. The first-order valence-electron chi connectivity index (χ1n) is 6.38. The van der Waals surface area contributed by atoms with Crippen LogP contribution >= 0.6 is 11.6 Å². The van der Waals surface area contributed by atoms with Crippen molar-refractivity contribution in [2.24, 2.45) is 0 Å². The number of hydrogen-bond donors (Lipinski definition) is 2. The molecule has 2 rings (SSSR count). The number of ether oxygens (including phenoxy) is 1. The zero-order chi connectivity index (χ0) is 15.9. The van der Waals surface area contributed by atoms with Gasteiger partial charge in [0.05, 0.1) is 0 Å². The fourth-order valence-corrected chi connectivity index (χ4v) is 1.97. The summed E-state index contributed by atoms with van der Waals surface area (Å²) in [5.74, 6) is 0.0283. The van der Waals surface area contributed by atoms with Crippen LogP contribution in [0.4, 0.5) is 19.3 Å². The van der Waals surface area contributed by atoms with Gasteiger partial charge in [0.15, 0.2) is 0 Å². The molecule has 2 aromatic rings. The number of alkyl halides is 2. The first kappa shape index (κ1) is 16.0. The molecule has 0 saturated heterocycles. The summed E-state index contributed by atoms with van der Waals surface area (Å²) < 4.78 is 29.0. The normalized spacial score (nSPS) is 10.4. The molecule has 0 radical (unpaired) electrons. The van der Waals surface area contributed by atoms with E-state index in [2.05, 4.69) is 15.4 Å². The standard InChI is InChI=1S/C15H13ClF2N2O2/c16-11-5-3-6-12(8-11)20-15(21)19-9-10-4-1-2-7-13(10)22-14(17)18/h1-8,14H,9H2,(H2,19,20,21). The van der Waals surface area contributed by atoms with Gasteiger partial charge in [0.1, 0.15) is 5.75 Å². The van der Waals surface area contributed by atoms with Crippen LogP contribution in [0.15, 0.2) is 48.5 Å². The van der Waals surface area contributed by atoms with E-state index >= 15 is 0 Å². The van der Waals surface area contributed by atoms with Crippen LogP contribution < -0.4 is 15.4 Å². The summed E-state index contributed by atoms with van der Waals surface area (Å²) in [5, 5.41) is 5.65. The zero-order valence-corrected chi connectivity index (χ0v) is 12.1. The van der Waals surface area contributed by atoms with Gasteiger partial charge >= 0.3 is 12.6 Å². The summed E-state index contributed by atoms with van der Waals surface area (Å²) in [7, 11) is 0. The Balaban J connectivity index is 1.94. The molecule has 2 N–H and O–H groups in total. The summed E-state index contributed by atoms with van der Waals surface area (Å²) in [4.78, 5) is 11.8. The molecule has 4 nitrogen and oxygen atoms in total. The van der Waals surface area contributed by atoms with Gasteiger partial charge in [-0.1, -0.05) is 35.9 Å². The number of anilines is 1. The number of urea groups is 1. The number of halogens is 3. The van der Waals surface area contributed by atoms with E-state index < -0.39 is 12.6 Å². The second-order valence-electron chi connectivity index (χ2n) is 4.30. The summed E-state index contributed by atoms with van der Waals surface area (Å²) in [5.41, 5.74) is 0.978. The quantitative estimate of drug-likeness (QED) is 0.862.